The third-order valence-corrected chi connectivity index (χ3v) is 7.95. The molecule has 0 unspecified atom stereocenters. The molecular formula is C24H31N2O9P. The van der Waals surface area contributed by atoms with Crippen LogP contribution in [0.2, 0.25) is 0 Å². The van der Waals surface area contributed by atoms with Gasteiger partial charge in [-0.3, -0.25) is 23.8 Å². The second-order valence-corrected chi connectivity index (χ2v) is 10.9. The van der Waals surface area contributed by atoms with Crippen LogP contribution in [0.3, 0.4) is 0 Å². The number of rotatable bonds is 10. The van der Waals surface area contributed by atoms with E-state index in [9.17, 15) is 24.1 Å². The fraction of sp³-hybridized carbons (Fsp3) is 0.542. The molecule has 2 fully saturated rings. The molecule has 2 N–H and O–H groups in total. The monoisotopic (exact) mass is 522 g/mol. The van der Waals surface area contributed by atoms with Gasteiger partial charge in [-0.15, -0.1) is 0 Å². The summed E-state index contributed by atoms with van der Waals surface area (Å²) in [5, 5.41) is 13.1. The van der Waals surface area contributed by atoms with Crippen molar-refractivity contribution < 1.29 is 42.6 Å². The van der Waals surface area contributed by atoms with Crippen LogP contribution < -0.4 is 9.61 Å². The van der Waals surface area contributed by atoms with Crippen molar-refractivity contribution in [3.05, 3.63) is 42.1 Å². The minimum absolute atomic E-state index is 0.0825. The van der Waals surface area contributed by atoms with Crippen LogP contribution in [0.4, 0.5) is 0 Å². The number of esters is 1. The van der Waals surface area contributed by atoms with E-state index in [0.29, 0.717) is 5.57 Å². The number of hydrogen-bond donors (Lipinski definition) is 2. The van der Waals surface area contributed by atoms with Crippen LogP contribution in [0.5, 0.6) is 5.75 Å². The number of amides is 1. The predicted molar refractivity (Wildman–Crippen MR) is 126 cm³/mol. The maximum Gasteiger partial charge on any atom is 0.459 e. The highest BCUT2D eigenvalue weighted by Gasteiger charge is 2.42. The van der Waals surface area contributed by atoms with Crippen molar-refractivity contribution in [2.45, 2.75) is 76.5 Å². The van der Waals surface area contributed by atoms with Gasteiger partial charge in [-0.05, 0) is 45.2 Å². The summed E-state index contributed by atoms with van der Waals surface area (Å²) < 4.78 is 36.1. The van der Waals surface area contributed by atoms with Crippen molar-refractivity contribution in [1.29, 1.82) is 0 Å². The molecule has 2 aliphatic heterocycles. The Kier molecular flexibility index (Phi) is 8.27. The molecule has 1 saturated carbocycles. The topological polar surface area (TPSA) is 141 Å². The first-order chi connectivity index (χ1) is 17.1. The average Bonchev–Trinajstić information content (AvgIpc) is 3.18. The molecule has 2 heterocycles. The fourth-order valence-corrected chi connectivity index (χ4v) is 5.43. The molecule has 1 aromatic rings. The maximum atomic E-state index is 13.6. The lowest BCUT2D eigenvalue weighted by atomic mass is 9.96. The van der Waals surface area contributed by atoms with Crippen LogP contribution in [0, 0.1) is 0 Å². The van der Waals surface area contributed by atoms with E-state index in [0.717, 1.165) is 19.3 Å². The molecule has 1 saturated heterocycles. The summed E-state index contributed by atoms with van der Waals surface area (Å²) in [4.78, 5) is 37.8. The quantitative estimate of drug-likeness (QED) is 0.267. The fourth-order valence-electron chi connectivity index (χ4n) is 3.93. The molecule has 1 amide bonds. The normalized spacial score (nSPS) is 27.1. The number of benzene rings is 1. The molecule has 1 aliphatic carbocycles. The molecule has 3 aliphatic rings. The third kappa shape index (κ3) is 6.41. The molecule has 1 aromatic carbocycles. The standard InChI is InChI=1S/C24H31N2O9P/c1-15-13-26(22(29)11-19(15)27)23-12-20(28)21(34-23)14-32-36(31,35-18-7-4-3-5-8-18)25-16(2)24(30)33-17-9-6-10-17/h3-5,7-8,13,16-17,20-21,23,28H,6,9-12,14H2,1-2H3,(H,25,31)/t16-,20+,21-,23-,36-/m0/s1. The number of ketones is 1. The number of para-hydroxylation sites is 1. The van der Waals surface area contributed by atoms with Gasteiger partial charge in [0.05, 0.1) is 19.1 Å². The van der Waals surface area contributed by atoms with Gasteiger partial charge in [0.1, 0.15) is 30.2 Å². The number of aliphatic hydroxyl groups excluding tert-OH is 1. The van der Waals surface area contributed by atoms with Crippen LogP contribution >= 0.6 is 7.75 Å². The zero-order valence-electron chi connectivity index (χ0n) is 20.2. The average molecular weight is 522 g/mol. The van der Waals surface area contributed by atoms with Crippen molar-refractivity contribution in [3.63, 3.8) is 0 Å². The van der Waals surface area contributed by atoms with Gasteiger partial charge in [-0.1, -0.05) is 18.2 Å². The summed E-state index contributed by atoms with van der Waals surface area (Å²) in [5.41, 5.74) is 0.417. The number of allylic oxidation sites excluding steroid dienone is 1. The summed E-state index contributed by atoms with van der Waals surface area (Å²) in [5.74, 6) is -1.01. The summed E-state index contributed by atoms with van der Waals surface area (Å²) >= 11 is 0. The van der Waals surface area contributed by atoms with Crippen LogP contribution in [-0.2, 0) is 32.9 Å². The molecule has 12 heteroatoms. The first-order valence-corrected chi connectivity index (χ1v) is 13.5. The second kappa shape index (κ2) is 11.2. The largest absolute Gasteiger partial charge is 0.461 e. The maximum absolute atomic E-state index is 13.6. The Morgan fingerprint density at radius 3 is 2.67 bits per heavy atom. The number of ether oxygens (including phenoxy) is 2. The lowest BCUT2D eigenvalue weighted by molar-refractivity contribution is -0.154. The molecule has 0 radical (unpaired) electrons. The molecule has 196 valence electrons. The molecule has 11 nitrogen and oxygen atoms in total. The van der Waals surface area contributed by atoms with Gasteiger partial charge in [-0.25, -0.2) is 4.57 Å². The van der Waals surface area contributed by atoms with Gasteiger partial charge < -0.3 is 19.1 Å². The molecular weight excluding hydrogens is 491 g/mol. The van der Waals surface area contributed by atoms with E-state index in [4.69, 9.17) is 18.5 Å². The zero-order chi connectivity index (χ0) is 25.9. The van der Waals surface area contributed by atoms with Gasteiger partial charge in [0.2, 0.25) is 5.91 Å². The molecule has 5 atom stereocenters. The first-order valence-electron chi connectivity index (χ1n) is 12.0. The molecule has 0 aromatic heterocycles. The number of carbonyl (C=O) groups is 3. The lowest BCUT2D eigenvalue weighted by Gasteiger charge is -2.29. The highest BCUT2D eigenvalue weighted by atomic mass is 31.2. The van der Waals surface area contributed by atoms with E-state index in [1.165, 1.54) is 18.0 Å². The highest BCUT2D eigenvalue weighted by molar-refractivity contribution is 7.52. The van der Waals surface area contributed by atoms with E-state index in [1.54, 1.807) is 37.3 Å². The van der Waals surface area contributed by atoms with Crippen molar-refractivity contribution in [1.82, 2.24) is 9.99 Å². The van der Waals surface area contributed by atoms with Gasteiger partial charge in [0.15, 0.2) is 5.78 Å². The van der Waals surface area contributed by atoms with Gasteiger partial charge in [-0.2, -0.15) is 5.09 Å². The minimum Gasteiger partial charge on any atom is -0.461 e. The molecule has 0 spiro atoms. The number of nitrogens with one attached hydrogen (secondary N) is 1. The second-order valence-electron chi connectivity index (χ2n) is 9.18. The number of carbonyl (C=O) groups excluding carboxylic acids is 3. The molecule has 0 bridgehead atoms. The van der Waals surface area contributed by atoms with Crippen LogP contribution in [-0.4, -0.2) is 64.9 Å². The van der Waals surface area contributed by atoms with E-state index >= 15 is 0 Å². The Morgan fingerprint density at radius 2 is 2.00 bits per heavy atom. The summed E-state index contributed by atoms with van der Waals surface area (Å²) in [6, 6.07) is 7.34. The van der Waals surface area contributed by atoms with E-state index in [2.05, 4.69) is 5.09 Å². The minimum atomic E-state index is -4.13. The number of hydrogen-bond acceptors (Lipinski definition) is 9. The van der Waals surface area contributed by atoms with Gasteiger partial charge in [0.25, 0.3) is 0 Å². The predicted octanol–water partition coefficient (Wildman–Crippen LogP) is 2.45. The number of nitrogens with zero attached hydrogens (tertiary/aromatic N) is 1. The van der Waals surface area contributed by atoms with E-state index < -0.39 is 44.1 Å². The van der Waals surface area contributed by atoms with Gasteiger partial charge in [0, 0.05) is 18.2 Å². The molecule has 4 rings (SSSR count). The van der Waals surface area contributed by atoms with E-state index in [1.807, 2.05) is 0 Å². The lowest BCUT2D eigenvalue weighted by Crippen LogP contribution is -2.41. The third-order valence-electron chi connectivity index (χ3n) is 6.30. The summed E-state index contributed by atoms with van der Waals surface area (Å²) in [6.45, 7) is 2.76. The Balaban J connectivity index is 1.41. The van der Waals surface area contributed by atoms with E-state index in [-0.39, 0.29) is 37.1 Å². The van der Waals surface area contributed by atoms with Crippen molar-refractivity contribution in [2.24, 2.45) is 0 Å². The summed E-state index contributed by atoms with van der Waals surface area (Å²) in [7, 11) is -4.13. The van der Waals surface area contributed by atoms with Crippen LogP contribution in [0.1, 0.15) is 46.0 Å². The van der Waals surface area contributed by atoms with Crippen LogP contribution in [0.15, 0.2) is 42.1 Å². The smallest absolute Gasteiger partial charge is 0.459 e. The molecule has 36 heavy (non-hydrogen) atoms. The Morgan fingerprint density at radius 1 is 1.28 bits per heavy atom. The SMILES string of the molecule is CC1=CN([C@@H]2C[C@@H](O)[C@H](CO[P@@](=O)(N[C@@H](C)C(=O)OC3CCC3)Oc3ccccc3)O2)C(=O)CC1=O. The zero-order valence-corrected chi connectivity index (χ0v) is 21.1. The number of aliphatic hydroxyl groups is 1. The van der Waals surface area contributed by atoms with Crippen molar-refractivity contribution in [3.8, 4) is 5.75 Å². The Labute approximate surface area is 209 Å². The summed E-state index contributed by atoms with van der Waals surface area (Å²) in [6.07, 6.45) is 0.928. The Bertz CT molecular complexity index is 1060. The first kappa shape index (κ1) is 26.5. The Hall–Kier alpha value is -2.56. The van der Waals surface area contributed by atoms with Crippen molar-refractivity contribution in [2.75, 3.05) is 6.61 Å². The van der Waals surface area contributed by atoms with Crippen LogP contribution in [0.25, 0.3) is 0 Å². The van der Waals surface area contributed by atoms with Crippen molar-refractivity contribution >= 4 is 25.4 Å². The highest BCUT2D eigenvalue weighted by Crippen LogP contribution is 2.45. The number of Topliss-reactive ketones (excluding diaryl/α,β-unsaturated/α-hetero) is 1. The van der Waals surface area contributed by atoms with Gasteiger partial charge >= 0.3 is 13.7 Å².